The number of rotatable bonds is 3. The zero-order valence-corrected chi connectivity index (χ0v) is 6.90. The van der Waals surface area contributed by atoms with Gasteiger partial charge in [-0.2, -0.15) is 26.3 Å². The summed E-state index contributed by atoms with van der Waals surface area (Å²) in [6.07, 6.45) is -11.6. The number of ketones is 4. The average Bonchev–Trinajstić information content (AvgIpc) is 2.10. The highest BCUT2D eigenvalue weighted by atomic mass is 19.4. The molecular formula is C6F6O4. The molecule has 0 radical (unpaired) electrons. The summed E-state index contributed by atoms with van der Waals surface area (Å²) in [5, 5.41) is 0. The lowest BCUT2D eigenvalue weighted by Crippen LogP contribution is -2.43. The van der Waals surface area contributed by atoms with Crippen molar-refractivity contribution in [2.24, 2.45) is 0 Å². The third-order valence-electron chi connectivity index (χ3n) is 1.13. The van der Waals surface area contributed by atoms with Gasteiger partial charge >= 0.3 is 23.9 Å². The molecule has 0 rings (SSSR count). The Bertz CT molecular complexity index is 326. The van der Waals surface area contributed by atoms with E-state index in [4.69, 9.17) is 0 Å². The molecule has 0 unspecified atom stereocenters. The molecule has 0 amide bonds. The van der Waals surface area contributed by atoms with Gasteiger partial charge in [-0.05, 0) is 0 Å². The predicted octanol–water partition coefficient (Wildman–Crippen LogP) is 0.387. The first kappa shape index (κ1) is 14.3. The minimum atomic E-state index is -5.81. The van der Waals surface area contributed by atoms with Gasteiger partial charge in [0.2, 0.25) is 0 Å². The Morgan fingerprint density at radius 2 is 0.750 bits per heavy atom. The molecular weight excluding hydrogens is 250 g/mol. The first-order valence-electron chi connectivity index (χ1n) is 3.20. The topological polar surface area (TPSA) is 68.3 Å². The molecule has 10 heteroatoms. The van der Waals surface area contributed by atoms with Gasteiger partial charge in [0.1, 0.15) is 0 Å². The van der Waals surface area contributed by atoms with Gasteiger partial charge in [0.15, 0.2) is 0 Å². The summed E-state index contributed by atoms with van der Waals surface area (Å²) in [6, 6.07) is 0. The molecule has 0 saturated carbocycles. The van der Waals surface area contributed by atoms with Crippen molar-refractivity contribution in [3.8, 4) is 0 Å². The van der Waals surface area contributed by atoms with Gasteiger partial charge < -0.3 is 0 Å². The van der Waals surface area contributed by atoms with E-state index in [1.165, 1.54) is 0 Å². The maximum atomic E-state index is 11.5. The second-order valence-electron chi connectivity index (χ2n) is 2.31. The maximum absolute atomic E-state index is 11.5. The van der Waals surface area contributed by atoms with Crippen molar-refractivity contribution in [3.05, 3.63) is 0 Å². The highest BCUT2D eigenvalue weighted by Crippen LogP contribution is 2.19. The minimum absolute atomic E-state index is 3.06. The van der Waals surface area contributed by atoms with E-state index in [9.17, 15) is 45.5 Å². The van der Waals surface area contributed by atoms with E-state index in [1.807, 2.05) is 0 Å². The second-order valence-corrected chi connectivity index (χ2v) is 2.31. The van der Waals surface area contributed by atoms with Crippen LogP contribution in [0.5, 0.6) is 0 Å². The van der Waals surface area contributed by atoms with Crippen molar-refractivity contribution in [1.29, 1.82) is 0 Å². The van der Waals surface area contributed by atoms with Crippen LogP contribution in [0.4, 0.5) is 26.3 Å². The van der Waals surface area contributed by atoms with Crippen LogP contribution in [-0.4, -0.2) is 35.5 Å². The predicted molar refractivity (Wildman–Crippen MR) is 32.1 cm³/mol. The van der Waals surface area contributed by atoms with Crippen LogP contribution in [0, 0.1) is 0 Å². The number of hydrogen-bond donors (Lipinski definition) is 0. The standard InChI is InChI=1S/C6F6O4/c7-5(8,9)3(15)1(13)2(14)4(16)6(10,11)12. The van der Waals surface area contributed by atoms with Crippen LogP contribution < -0.4 is 0 Å². The van der Waals surface area contributed by atoms with Crippen LogP contribution in [-0.2, 0) is 19.2 Å². The summed E-state index contributed by atoms with van der Waals surface area (Å²) in [6.45, 7) is 0. The lowest BCUT2D eigenvalue weighted by Gasteiger charge is -2.04. The van der Waals surface area contributed by atoms with Crippen LogP contribution in [0.25, 0.3) is 0 Å². The smallest absolute Gasteiger partial charge is 0.281 e. The number of hydrogen-bond acceptors (Lipinski definition) is 4. The number of carbonyl (C=O) groups is 4. The molecule has 16 heavy (non-hydrogen) atoms. The molecule has 0 atom stereocenters. The monoisotopic (exact) mass is 250 g/mol. The number of halogens is 6. The Hall–Kier alpha value is -1.74. The van der Waals surface area contributed by atoms with E-state index in [0.717, 1.165) is 0 Å². The van der Waals surface area contributed by atoms with Crippen molar-refractivity contribution in [3.63, 3.8) is 0 Å². The molecule has 0 fully saturated rings. The van der Waals surface area contributed by atoms with E-state index in [-0.39, 0.29) is 0 Å². The fraction of sp³-hybridized carbons (Fsp3) is 0.333. The highest BCUT2D eigenvalue weighted by Gasteiger charge is 2.52. The van der Waals surface area contributed by atoms with Gasteiger partial charge in [0.25, 0.3) is 11.6 Å². The first-order valence-corrected chi connectivity index (χ1v) is 3.20. The van der Waals surface area contributed by atoms with Crippen LogP contribution in [0.15, 0.2) is 0 Å². The summed E-state index contributed by atoms with van der Waals surface area (Å²) in [7, 11) is 0. The molecule has 0 heterocycles. The zero-order chi connectivity index (χ0) is 13.3. The summed E-state index contributed by atoms with van der Waals surface area (Å²) < 4.78 is 69.0. The lowest BCUT2D eigenvalue weighted by molar-refractivity contribution is -0.181. The van der Waals surface area contributed by atoms with E-state index >= 15 is 0 Å². The molecule has 0 aliphatic carbocycles. The molecule has 0 aliphatic rings. The van der Waals surface area contributed by atoms with Crippen molar-refractivity contribution in [1.82, 2.24) is 0 Å². The molecule has 90 valence electrons. The van der Waals surface area contributed by atoms with Crippen molar-refractivity contribution in [2.75, 3.05) is 0 Å². The molecule has 0 N–H and O–H groups in total. The fourth-order valence-electron chi connectivity index (χ4n) is 0.464. The Morgan fingerprint density at radius 1 is 0.562 bits per heavy atom. The molecule has 4 nitrogen and oxygen atoms in total. The van der Waals surface area contributed by atoms with Crippen molar-refractivity contribution >= 4 is 23.1 Å². The SMILES string of the molecule is O=C(C(=O)C(=O)C(F)(F)F)C(=O)C(F)(F)F. The van der Waals surface area contributed by atoms with Crippen LogP contribution in [0.3, 0.4) is 0 Å². The Morgan fingerprint density at radius 3 is 0.875 bits per heavy atom. The first-order chi connectivity index (χ1) is 6.89. The van der Waals surface area contributed by atoms with Crippen molar-refractivity contribution in [2.45, 2.75) is 12.4 Å². The van der Waals surface area contributed by atoms with Gasteiger partial charge in [-0.1, -0.05) is 0 Å². The number of Topliss-reactive ketones (excluding diaryl/α,β-unsaturated/α-hetero) is 4. The molecule has 0 spiro atoms. The Kier molecular flexibility index (Phi) is 3.58. The minimum Gasteiger partial charge on any atom is -0.281 e. The summed E-state index contributed by atoms with van der Waals surface area (Å²) in [4.78, 5) is 40.5. The molecule has 0 aliphatic heterocycles. The number of alkyl halides is 6. The van der Waals surface area contributed by atoms with Gasteiger partial charge in [0.05, 0.1) is 0 Å². The van der Waals surface area contributed by atoms with Gasteiger partial charge in [-0.15, -0.1) is 0 Å². The third kappa shape index (κ3) is 3.14. The van der Waals surface area contributed by atoms with Crippen LogP contribution in [0.2, 0.25) is 0 Å². The average molecular weight is 250 g/mol. The van der Waals surface area contributed by atoms with E-state index in [2.05, 4.69) is 0 Å². The molecule has 0 aromatic rings. The normalized spacial score (nSPS) is 12.1. The number of carbonyl (C=O) groups excluding carboxylic acids is 4. The molecule has 0 aromatic carbocycles. The van der Waals surface area contributed by atoms with Crippen molar-refractivity contribution < 1.29 is 45.5 Å². The summed E-state index contributed by atoms with van der Waals surface area (Å²) >= 11 is 0. The third-order valence-corrected chi connectivity index (χ3v) is 1.13. The second kappa shape index (κ2) is 4.02. The quantitative estimate of drug-likeness (QED) is 0.412. The highest BCUT2D eigenvalue weighted by molar-refractivity contribution is 6.79. The molecule has 0 aromatic heterocycles. The van der Waals surface area contributed by atoms with Gasteiger partial charge in [0, 0.05) is 0 Å². The Labute approximate surface area is 82.2 Å². The summed E-state index contributed by atoms with van der Waals surface area (Å²) in [5.41, 5.74) is 0. The van der Waals surface area contributed by atoms with Crippen LogP contribution in [0.1, 0.15) is 0 Å². The zero-order valence-electron chi connectivity index (χ0n) is 6.90. The van der Waals surface area contributed by atoms with E-state index in [1.54, 1.807) is 0 Å². The summed E-state index contributed by atoms with van der Waals surface area (Å²) in [5.74, 6) is -12.8. The lowest BCUT2D eigenvalue weighted by atomic mass is 10.1. The van der Waals surface area contributed by atoms with Gasteiger partial charge in [-0.3, -0.25) is 19.2 Å². The Balaban J connectivity index is 5.00. The van der Waals surface area contributed by atoms with E-state index < -0.39 is 35.5 Å². The molecule has 0 bridgehead atoms. The van der Waals surface area contributed by atoms with E-state index in [0.29, 0.717) is 0 Å². The van der Waals surface area contributed by atoms with Gasteiger partial charge in [-0.25, -0.2) is 0 Å². The largest absolute Gasteiger partial charge is 0.458 e. The molecule has 0 saturated heterocycles. The fourth-order valence-corrected chi connectivity index (χ4v) is 0.464. The maximum Gasteiger partial charge on any atom is 0.458 e. The van der Waals surface area contributed by atoms with Crippen LogP contribution >= 0.6 is 0 Å².